The first-order valence-corrected chi connectivity index (χ1v) is 8.19. The number of aromatic nitrogens is 1. The number of carbonyl (C=O) groups is 1. The Morgan fingerprint density at radius 2 is 2.05 bits per heavy atom. The Morgan fingerprint density at radius 1 is 1.26 bits per heavy atom. The maximum atomic E-state index is 12.5. The lowest BCUT2D eigenvalue weighted by atomic mass is 9.82. The summed E-state index contributed by atoms with van der Waals surface area (Å²) in [5.74, 6) is 0.721. The predicted octanol–water partition coefficient (Wildman–Crippen LogP) is 3.72. The van der Waals surface area contributed by atoms with Crippen LogP contribution in [0.2, 0.25) is 0 Å². The first-order valence-electron chi connectivity index (χ1n) is 7.32. The molecule has 2 atom stereocenters. The van der Waals surface area contributed by atoms with Gasteiger partial charge in [0.15, 0.2) is 5.13 Å². The number of amides is 2. The molecule has 1 aromatic rings. The van der Waals surface area contributed by atoms with Gasteiger partial charge in [-0.3, -0.25) is 5.32 Å². The van der Waals surface area contributed by atoms with Crippen molar-refractivity contribution < 1.29 is 4.79 Å². The number of likely N-dealkylation sites (tertiary alicyclic amines) is 1. The van der Waals surface area contributed by atoms with Crippen molar-refractivity contribution in [1.82, 2.24) is 9.88 Å². The molecule has 5 heteroatoms. The molecule has 2 heterocycles. The third-order valence-electron chi connectivity index (χ3n) is 4.40. The molecule has 0 spiro atoms. The molecule has 2 fully saturated rings. The SMILES string of the molecule is O=C(Nc1nccs1)N1CCCC[C@@H]2CCCC[C@H]21. The highest BCUT2D eigenvalue weighted by Gasteiger charge is 2.34. The molecule has 0 unspecified atom stereocenters. The lowest BCUT2D eigenvalue weighted by molar-refractivity contribution is 0.138. The van der Waals surface area contributed by atoms with E-state index in [2.05, 4.69) is 15.2 Å². The van der Waals surface area contributed by atoms with Crippen LogP contribution in [0.1, 0.15) is 44.9 Å². The van der Waals surface area contributed by atoms with Crippen LogP contribution in [0.4, 0.5) is 9.93 Å². The van der Waals surface area contributed by atoms with Gasteiger partial charge in [-0.05, 0) is 31.6 Å². The molecule has 104 valence electrons. The molecule has 1 aromatic heterocycles. The number of anilines is 1. The summed E-state index contributed by atoms with van der Waals surface area (Å²) in [6.45, 7) is 0.901. The molecule has 19 heavy (non-hydrogen) atoms. The zero-order valence-electron chi connectivity index (χ0n) is 11.2. The molecule has 2 aliphatic rings. The maximum absolute atomic E-state index is 12.5. The quantitative estimate of drug-likeness (QED) is 0.851. The maximum Gasteiger partial charge on any atom is 0.323 e. The summed E-state index contributed by atoms with van der Waals surface area (Å²) in [5.41, 5.74) is 0. The zero-order chi connectivity index (χ0) is 13.1. The number of nitrogens with zero attached hydrogens (tertiary/aromatic N) is 2. The summed E-state index contributed by atoms with van der Waals surface area (Å²) in [4.78, 5) is 18.7. The summed E-state index contributed by atoms with van der Waals surface area (Å²) in [5, 5.41) is 5.55. The van der Waals surface area contributed by atoms with E-state index in [4.69, 9.17) is 0 Å². The third kappa shape index (κ3) is 2.91. The van der Waals surface area contributed by atoms with Crippen molar-refractivity contribution in [3.63, 3.8) is 0 Å². The highest BCUT2D eigenvalue weighted by Crippen LogP contribution is 2.34. The summed E-state index contributed by atoms with van der Waals surface area (Å²) >= 11 is 1.48. The van der Waals surface area contributed by atoms with Crippen LogP contribution in [0.15, 0.2) is 11.6 Å². The zero-order valence-corrected chi connectivity index (χ0v) is 12.0. The fraction of sp³-hybridized carbons (Fsp3) is 0.714. The Kier molecular flexibility index (Phi) is 4.01. The van der Waals surface area contributed by atoms with Crippen LogP contribution in [-0.4, -0.2) is 28.5 Å². The van der Waals surface area contributed by atoms with Crippen LogP contribution < -0.4 is 5.32 Å². The molecule has 1 aliphatic carbocycles. The van der Waals surface area contributed by atoms with E-state index in [0.717, 1.165) is 18.9 Å². The number of hydrogen-bond donors (Lipinski definition) is 1. The monoisotopic (exact) mass is 279 g/mol. The Bertz CT molecular complexity index is 420. The van der Waals surface area contributed by atoms with Gasteiger partial charge in [0, 0.05) is 24.2 Å². The van der Waals surface area contributed by atoms with Gasteiger partial charge in [-0.25, -0.2) is 9.78 Å². The smallest absolute Gasteiger partial charge is 0.321 e. The van der Waals surface area contributed by atoms with E-state index in [0.29, 0.717) is 11.2 Å². The molecule has 0 radical (unpaired) electrons. The molecular weight excluding hydrogens is 258 g/mol. The van der Waals surface area contributed by atoms with Crippen molar-refractivity contribution in [2.24, 2.45) is 5.92 Å². The van der Waals surface area contributed by atoms with Gasteiger partial charge < -0.3 is 4.90 Å². The van der Waals surface area contributed by atoms with Crippen LogP contribution in [0.5, 0.6) is 0 Å². The average Bonchev–Trinajstić information content (AvgIpc) is 2.83. The molecular formula is C14H21N3OS. The predicted molar refractivity (Wildman–Crippen MR) is 77.4 cm³/mol. The summed E-state index contributed by atoms with van der Waals surface area (Å²) in [7, 11) is 0. The third-order valence-corrected chi connectivity index (χ3v) is 5.09. The van der Waals surface area contributed by atoms with E-state index in [1.807, 2.05) is 5.38 Å². The molecule has 0 bridgehead atoms. The van der Waals surface area contributed by atoms with Crippen LogP contribution in [0.3, 0.4) is 0 Å². The highest BCUT2D eigenvalue weighted by molar-refractivity contribution is 7.13. The fourth-order valence-corrected chi connectivity index (χ4v) is 4.01. The minimum Gasteiger partial charge on any atom is -0.321 e. The van der Waals surface area contributed by atoms with Crippen molar-refractivity contribution in [3.8, 4) is 0 Å². The van der Waals surface area contributed by atoms with Crippen LogP contribution in [0, 0.1) is 5.92 Å². The Labute approximate surface area is 118 Å². The van der Waals surface area contributed by atoms with E-state index in [-0.39, 0.29) is 6.03 Å². The first kappa shape index (κ1) is 12.9. The number of fused-ring (bicyclic) bond motifs is 1. The minimum absolute atomic E-state index is 0.0498. The van der Waals surface area contributed by atoms with Crippen molar-refractivity contribution in [2.45, 2.75) is 51.0 Å². The summed E-state index contributed by atoms with van der Waals surface area (Å²) in [6.07, 6.45) is 10.5. The molecule has 1 aliphatic heterocycles. The Morgan fingerprint density at radius 3 is 2.84 bits per heavy atom. The van der Waals surface area contributed by atoms with Gasteiger partial charge in [-0.1, -0.05) is 19.3 Å². The van der Waals surface area contributed by atoms with Gasteiger partial charge in [0.1, 0.15) is 0 Å². The molecule has 1 saturated heterocycles. The van der Waals surface area contributed by atoms with E-state index in [1.54, 1.807) is 6.20 Å². The second-order valence-corrected chi connectivity index (χ2v) is 6.46. The molecule has 2 amide bonds. The van der Waals surface area contributed by atoms with Crippen molar-refractivity contribution in [1.29, 1.82) is 0 Å². The fourth-order valence-electron chi connectivity index (χ4n) is 3.49. The lowest BCUT2D eigenvalue weighted by Gasteiger charge is -2.38. The number of carbonyl (C=O) groups excluding carboxylic acids is 1. The van der Waals surface area contributed by atoms with Gasteiger partial charge in [-0.2, -0.15) is 0 Å². The molecule has 0 aromatic carbocycles. The van der Waals surface area contributed by atoms with Crippen molar-refractivity contribution >= 4 is 22.5 Å². The van der Waals surface area contributed by atoms with Gasteiger partial charge in [0.2, 0.25) is 0 Å². The molecule has 1 N–H and O–H groups in total. The highest BCUT2D eigenvalue weighted by atomic mass is 32.1. The van der Waals surface area contributed by atoms with E-state index < -0.39 is 0 Å². The summed E-state index contributed by atoms with van der Waals surface area (Å²) < 4.78 is 0. The average molecular weight is 279 g/mol. The van der Waals surface area contributed by atoms with Gasteiger partial charge >= 0.3 is 6.03 Å². The topological polar surface area (TPSA) is 45.2 Å². The second kappa shape index (κ2) is 5.90. The van der Waals surface area contributed by atoms with Crippen molar-refractivity contribution in [2.75, 3.05) is 11.9 Å². The number of urea groups is 1. The van der Waals surface area contributed by atoms with Crippen LogP contribution in [0.25, 0.3) is 0 Å². The van der Waals surface area contributed by atoms with Gasteiger partial charge in [-0.15, -0.1) is 11.3 Å². The number of thiazole rings is 1. The second-order valence-electron chi connectivity index (χ2n) is 5.57. The molecule has 4 nitrogen and oxygen atoms in total. The molecule has 1 saturated carbocycles. The number of hydrogen-bond acceptors (Lipinski definition) is 3. The van der Waals surface area contributed by atoms with Gasteiger partial charge in [0.25, 0.3) is 0 Å². The largest absolute Gasteiger partial charge is 0.323 e. The van der Waals surface area contributed by atoms with Crippen LogP contribution in [-0.2, 0) is 0 Å². The number of rotatable bonds is 1. The van der Waals surface area contributed by atoms with E-state index >= 15 is 0 Å². The standard InChI is InChI=1S/C14H21N3OS/c18-14(16-13-15-8-10-19-13)17-9-4-3-6-11-5-1-2-7-12(11)17/h8,10-12H,1-7,9H2,(H,15,16,18)/t11-,12+/m0/s1. The lowest BCUT2D eigenvalue weighted by Crippen LogP contribution is -2.47. The number of nitrogens with one attached hydrogen (secondary N) is 1. The molecule has 3 rings (SSSR count). The Hall–Kier alpha value is -1.10. The minimum atomic E-state index is 0.0498. The Balaban J connectivity index is 1.71. The van der Waals surface area contributed by atoms with E-state index in [9.17, 15) is 4.79 Å². The summed E-state index contributed by atoms with van der Waals surface area (Å²) in [6, 6.07) is 0.505. The normalized spacial score (nSPS) is 27.5. The van der Waals surface area contributed by atoms with Crippen LogP contribution >= 0.6 is 11.3 Å². The van der Waals surface area contributed by atoms with Crippen molar-refractivity contribution in [3.05, 3.63) is 11.6 Å². The van der Waals surface area contributed by atoms with Gasteiger partial charge in [0.05, 0.1) is 0 Å². The van der Waals surface area contributed by atoms with E-state index in [1.165, 1.54) is 49.9 Å². The first-order chi connectivity index (χ1) is 9.34.